The molecule has 0 aliphatic heterocycles. The van der Waals surface area contributed by atoms with Gasteiger partial charge in [-0.2, -0.15) is 10.2 Å². The van der Waals surface area contributed by atoms with Crippen LogP contribution in [0.2, 0.25) is 0 Å². The molecule has 0 fully saturated rings. The van der Waals surface area contributed by atoms with Crippen molar-refractivity contribution in [3.05, 3.63) is 160 Å². The molecule has 8 aromatic heterocycles. The van der Waals surface area contributed by atoms with Crippen LogP contribution < -0.4 is 80.3 Å². The molecule has 10 rings (SSSR count). The van der Waals surface area contributed by atoms with Gasteiger partial charge in [-0.3, -0.25) is 41.0 Å². The van der Waals surface area contributed by atoms with Crippen LogP contribution in [0.5, 0.6) is 0 Å². The number of halogens is 1. The minimum atomic E-state index is -1.53. The van der Waals surface area contributed by atoms with Gasteiger partial charge >= 0.3 is 84.4 Å². The van der Waals surface area contributed by atoms with Gasteiger partial charge < -0.3 is 39.6 Å². The van der Waals surface area contributed by atoms with Crippen LogP contribution in [0.15, 0.2) is 138 Å². The summed E-state index contributed by atoms with van der Waals surface area (Å²) >= 11 is 10.2. The predicted molar refractivity (Wildman–Crippen MR) is 339 cm³/mol. The largest absolute Gasteiger partial charge is 1.00 e. The third-order valence-corrected chi connectivity index (χ3v) is 16.6. The summed E-state index contributed by atoms with van der Waals surface area (Å²) < 4.78 is 24.6. The monoisotopic (exact) mass is 1330 g/mol. The Labute approximate surface area is 569 Å². The number of thiophene rings is 4. The van der Waals surface area contributed by atoms with Crippen LogP contribution in [0.4, 0.5) is 21.2 Å². The van der Waals surface area contributed by atoms with Crippen LogP contribution in [-0.2, 0) is 50.7 Å². The van der Waals surface area contributed by atoms with Crippen molar-refractivity contribution in [3.8, 4) is 31.3 Å². The fourth-order valence-electron chi connectivity index (χ4n) is 7.40. The van der Waals surface area contributed by atoms with Crippen molar-refractivity contribution in [3.63, 3.8) is 0 Å². The molecule has 2 amide bonds. The number of anilines is 2. The molecule has 2 atom stereocenters. The topological polar surface area (TPSA) is 275 Å². The van der Waals surface area contributed by atoms with E-state index in [4.69, 9.17) is 19.5 Å². The molecule has 0 aliphatic rings. The Bertz CT molecular complexity index is 3640. The zero-order valence-corrected chi connectivity index (χ0v) is 56.5. The smallest absolute Gasteiger partial charge is 0.870 e. The number of pyridine rings is 2. The first-order valence-corrected chi connectivity index (χ1v) is 28.9. The van der Waals surface area contributed by atoms with Crippen molar-refractivity contribution >= 4 is 129 Å². The Morgan fingerprint density at radius 3 is 1.51 bits per heavy atom. The fraction of sp³-hybridized carbons (Fsp3) is 0.254. The van der Waals surface area contributed by atoms with Crippen molar-refractivity contribution in [2.45, 2.75) is 80.1 Å². The van der Waals surface area contributed by atoms with Crippen LogP contribution in [0.1, 0.15) is 84.2 Å². The summed E-state index contributed by atoms with van der Waals surface area (Å²) in [6, 6.07) is 34.6. The molecule has 0 unspecified atom stereocenters. The van der Waals surface area contributed by atoms with Crippen molar-refractivity contribution < 1.29 is 113 Å². The maximum Gasteiger partial charge on any atom is 1.00 e. The minimum Gasteiger partial charge on any atom is -0.870 e. The number of nitrogens with zero attached hydrogens (tertiary/aromatic N) is 6. The van der Waals surface area contributed by atoms with Crippen LogP contribution in [0, 0.1) is 0 Å². The maximum atomic E-state index is 12.6. The van der Waals surface area contributed by atoms with Crippen molar-refractivity contribution in [2.75, 3.05) is 17.7 Å². The Morgan fingerprint density at radius 2 is 1.10 bits per heavy atom. The summed E-state index contributed by atoms with van der Waals surface area (Å²) in [5.74, 6) is 0.819. The number of carbonyl (C=O) groups excluding carboxylic acids is 4. The summed E-state index contributed by atoms with van der Waals surface area (Å²) in [6.45, 7) is 8.59. The van der Waals surface area contributed by atoms with E-state index in [9.17, 15) is 24.3 Å². The van der Waals surface area contributed by atoms with E-state index < -0.39 is 24.9 Å². The number of aryl methyl sites for hydroxylation is 2. The number of ether oxygens (including phenoxy) is 3. The molecular weight excluding hydrogens is 1260 g/mol. The van der Waals surface area contributed by atoms with E-state index in [0.717, 1.165) is 55.6 Å². The number of esters is 1. The number of hydrogen-bond acceptors (Lipinski definition) is 19. The first kappa shape index (κ1) is 76.6. The number of fused-ring (bicyclic) bond motifs is 2. The Balaban J connectivity index is 0.000000440. The molecule has 19 nitrogen and oxygen atoms in total. The number of aromatic nitrogens is 6. The maximum absolute atomic E-state index is 12.6. The van der Waals surface area contributed by atoms with Gasteiger partial charge in [-0.1, -0.05) is 108 Å². The molecule has 2 aromatic carbocycles. The molecule has 0 saturated carbocycles. The molecule has 0 bridgehead atoms. The predicted octanol–water partition coefficient (Wildman–Crippen LogP) is 6.55. The average Bonchev–Trinajstić information content (AvgIpc) is 4.14. The third kappa shape index (κ3) is 22.3. The van der Waals surface area contributed by atoms with E-state index >= 15 is 0 Å². The summed E-state index contributed by atoms with van der Waals surface area (Å²) in [6.07, 6.45) is 7.00. The van der Waals surface area contributed by atoms with Gasteiger partial charge in [0.15, 0.2) is 0 Å². The number of nitrogens with one attached hydrogen (secondary N) is 2. The SMILES string of the molecule is C.C.CC(C)(C)[O-].COC(=O)Cc1ccc(B(O)O)cn1.C[C@@H](OC(=O)Nc1c(-c2cc3sc(-c4ccc(C[C-]=O)nc4)cc3s2)cnn1C)c1ccccc1.C[C@@H](OC(=O)Nc1c(-c2cc3sc(Br)cc3s2)cnn1C)c1ccccc1.[Na+].[Na+].[OH-]. The molecule has 10 aromatic rings. The third-order valence-electron chi connectivity index (χ3n) is 11.4. The fourth-order valence-corrected chi connectivity index (χ4v) is 12.8. The first-order chi connectivity index (χ1) is 38.7. The van der Waals surface area contributed by atoms with Crippen LogP contribution in [0.25, 0.3) is 50.1 Å². The molecule has 5 N–H and O–H groups in total. The number of methoxy groups -OCH3 is 1. The second-order valence-electron chi connectivity index (χ2n) is 18.7. The van der Waals surface area contributed by atoms with Crippen LogP contribution in [0.3, 0.4) is 0 Å². The number of hydrogen-bond donors (Lipinski definition) is 4. The number of rotatable bonds is 14. The van der Waals surface area contributed by atoms with Crippen LogP contribution in [-0.4, -0.2) is 89.3 Å². The summed E-state index contributed by atoms with van der Waals surface area (Å²) in [5, 5.41) is 42.0. The summed E-state index contributed by atoms with van der Waals surface area (Å²) in [7, 11) is 3.35. The molecule has 0 spiro atoms. The minimum absolute atomic E-state index is 0. The second-order valence-corrected chi connectivity index (χ2v) is 24.5. The molecule has 27 heteroatoms. The molecule has 444 valence electrons. The molecule has 0 radical (unpaired) electrons. The summed E-state index contributed by atoms with van der Waals surface area (Å²) in [4.78, 5) is 57.8. The molecular formula is C59H65BBrN8Na2O11S4-. The number of benzene rings is 2. The van der Waals surface area contributed by atoms with E-state index in [1.54, 1.807) is 114 Å². The van der Waals surface area contributed by atoms with Crippen LogP contribution >= 0.6 is 61.3 Å². The van der Waals surface area contributed by atoms with Gasteiger partial charge in [-0.05, 0) is 77.3 Å². The zero-order valence-electron chi connectivity index (χ0n) is 47.6. The van der Waals surface area contributed by atoms with E-state index in [1.807, 2.05) is 92.9 Å². The second kappa shape index (κ2) is 36.1. The zero-order chi connectivity index (χ0) is 58.4. The van der Waals surface area contributed by atoms with E-state index in [0.29, 0.717) is 28.5 Å². The number of amides is 2. The van der Waals surface area contributed by atoms with Crippen molar-refractivity contribution in [1.29, 1.82) is 0 Å². The molecule has 0 saturated heterocycles. The van der Waals surface area contributed by atoms with Gasteiger partial charge in [0.05, 0.1) is 46.5 Å². The van der Waals surface area contributed by atoms with Gasteiger partial charge in [-0.25, -0.2) is 9.59 Å². The summed E-state index contributed by atoms with van der Waals surface area (Å²) in [5.41, 5.74) is 5.37. The van der Waals surface area contributed by atoms with Crippen molar-refractivity contribution in [1.82, 2.24) is 29.5 Å². The standard InChI is InChI=1S/C26H21N4O3S2.C19H16BrN3O2S2.C8H10BNO4.C4H9O.2CH4.2Na.H2O/c1-16(17-6-4-3-5-7-17)33-26(32)29-25-20(15-28-30(25)2)22-13-24-23(35-22)12-21(34-24)18-8-9-19(10-11-31)27-14-18;1-11(12-6-4-3-5-7-12)25-19(24)22-18-13(10-21-23(18)2)14-8-15-16(26-14)9-17(20)27-15;1-14-8(11)4-7-3-2-6(5-10-7)9(12)13;1-4(2,3)5;;;;;/h3-9,12-16H,10H2,1-2H3,(H,29,32);3-11H,1-2H3,(H,22,24);2-3,5,12-13H,4H2,1H3;1-3H3;2*1H4;;;1H2/q-1;;;-1;;;2*+1;/p-1/t16-;11-;;;;;;;/m11......./s1. The molecule has 0 aliphatic carbocycles. The Morgan fingerprint density at radius 1 is 0.674 bits per heavy atom. The Hall–Kier alpha value is -5.46. The van der Waals surface area contributed by atoms with Gasteiger partial charge in [-0.15, -0.1) is 57.4 Å². The van der Waals surface area contributed by atoms with Gasteiger partial charge in [0.25, 0.3) is 0 Å². The average molecular weight is 1330 g/mol. The normalized spacial score (nSPS) is 11.0. The van der Waals surface area contributed by atoms with Crippen molar-refractivity contribution in [2.24, 2.45) is 14.1 Å². The number of carbonyl (C=O) groups is 3. The molecule has 86 heavy (non-hydrogen) atoms. The van der Waals surface area contributed by atoms with E-state index in [1.165, 1.54) is 28.8 Å². The van der Waals surface area contributed by atoms with Gasteiger partial charge in [0.1, 0.15) is 23.8 Å². The first-order valence-electron chi connectivity index (χ1n) is 24.9. The Kier molecular flexibility index (Phi) is 32.2. The van der Waals surface area contributed by atoms with Gasteiger partial charge in [0.2, 0.25) is 0 Å². The van der Waals surface area contributed by atoms with E-state index in [2.05, 4.69) is 75.7 Å². The quantitative estimate of drug-likeness (QED) is 0.0389. The molecule has 8 heterocycles. The van der Waals surface area contributed by atoms with E-state index in [-0.39, 0.29) is 110 Å². The van der Waals surface area contributed by atoms with Gasteiger partial charge in [0, 0.05) is 76.6 Å².